The molecule has 0 saturated heterocycles. The van der Waals surface area contributed by atoms with Crippen LogP contribution in [0.1, 0.15) is 45.6 Å². The number of carbonyl (C=O) groups is 1. The Hall–Kier alpha value is -1.20. The van der Waals surface area contributed by atoms with Crippen LogP contribution in [0.2, 0.25) is 0 Å². The molecule has 0 aliphatic heterocycles. The molecule has 1 aliphatic rings. The first-order valence-electron chi connectivity index (χ1n) is 8.67. The summed E-state index contributed by atoms with van der Waals surface area (Å²) in [5.74, 6) is 0. The Bertz CT molecular complexity index is 528. The molecule has 1 aliphatic carbocycles. The Morgan fingerprint density at radius 2 is 1.92 bits per heavy atom. The molecular formula is C19H30N2O2S. The summed E-state index contributed by atoms with van der Waals surface area (Å²) in [5, 5.41) is 6.35. The fraction of sp³-hybridized carbons (Fsp3) is 0.632. The lowest BCUT2D eigenvalue weighted by atomic mass is 9.84. The normalized spacial score (nSPS) is 16.3. The van der Waals surface area contributed by atoms with Crippen LogP contribution in [0.5, 0.6) is 0 Å². The standard InChI is InChI=1S/C19H30N2O2S/c1-18(2,3)23-17(22)21-16-8-6-15(7-9-16)10-13-20-14-19(24-4)11-5-12-19/h6-9,20H,5,10-14H2,1-4H3,(H,21,22). The van der Waals surface area contributed by atoms with Gasteiger partial charge in [0.2, 0.25) is 0 Å². The highest BCUT2D eigenvalue weighted by Crippen LogP contribution is 2.42. The predicted molar refractivity (Wildman–Crippen MR) is 103 cm³/mol. The van der Waals surface area contributed by atoms with E-state index in [1.54, 1.807) is 0 Å². The topological polar surface area (TPSA) is 50.4 Å². The average molecular weight is 351 g/mol. The molecule has 2 N–H and O–H groups in total. The maximum Gasteiger partial charge on any atom is 0.412 e. The van der Waals surface area contributed by atoms with Crippen molar-refractivity contribution >= 4 is 23.5 Å². The first-order chi connectivity index (χ1) is 11.3. The second-order valence-electron chi connectivity index (χ2n) is 7.49. The van der Waals surface area contributed by atoms with Gasteiger partial charge in [0.25, 0.3) is 0 Å². The molecule has 134 valence electrons. The van der Waals surface area contributed by atoms with Gasteiger partial charge >= 0.3 is 6.09 Å². The number of amides is 1. The highest BCUT2D eigenvalue weighted by atomic mass is 32.2. The van der Waals surface area contributed by atoms with Crippen LogP contribution in [0.25, 0.3) is 0 Å². The molecule has 1 saturated carbocycles. The van der Waals surface area contributed by atoms with Crippen molar-refractivity contribution in [2.45, 2.75) is 56.8 Å². The monoisotopic (exact) mass is 350 g/mol. The largest absolute Gasteiger partial charge is 0.444 e. The van der Waals surface area contributed by atoms with Crippen molar-refractivity contribution in [1.29, 1.82) is 0 Å². The Morgan fingerprint density at radius 3 is 2.42 bits per heavy atom. The highest BCUT2D eigenvalue weighted by molar-refractivity contribution is 8.00. The number of hydrogen-bond acceptors (Lipinski definition) is 4. The molecule has 1 aromatic carbocycles. The Labute approximate surface area is 150 Å². The van der Waals surface area contributed by atoms with E-state index >= 15 is 0 Å². The van der Waals surface area contributed by atoms with Gasteiger partial charge in [-0.25, -0.2) is 4.79 Å². The Kier molecular flexibility index (Phi) is 6.58. The number of hydrogen-bond donors (Lipinski definition) is 2. The second kappa shape index (κ2) is 8.26. The van der Waals surface area contributed by atoms with E-state index in [4.69, 9.17) is 4.74 Å². The van der Waals surface area contributed by atoms with Crippen molar-refractivity contribution < 1.29 is 9.53 Å². The minimum absolute atomic E-state index is 0.417. The van der Waals surface area contributed by atoms with E-state index in [1.807, 2.05) is 44.7 Å². The van der Waals surface area contributed by atoms with E-state index < -0.39 is 11.7 Å². The van der Waals surface area contributed by atoms with Crippen molar-refractivity contribution in [2.75, 3.05) is 24.7 Å². The van der Waals surface area contributed by atoms with Gasteiger partial charge in [-0.05, 0) is 70.5 Å². The number of anilines is 1. The summed E-state index contributed by atoms with van der Waals surface area (Å²) in [6, 6.07) is 7.97. The van der Waals surface area contributed by atoms with E-state index in [9.17, 15) is 4.79 Å². The minimum atomic E-state index is -0.482. The van der Waals surface area contributed by atoms with Crippen LogP contribution in [0.15, 0.2) is 24.3 Å². The summed E-state index contributed by atoms with van der Waals surface area (Å²) in [6.45, 7) is 7.65. The van der Waals surface area contributed by atoms with Gasteiger partial charge in [-0.1, -0.05) is 18.6 Å². The van der Waals surface area contributed by atoms with Crippen LogP contribution in [0, 0.1) is 0 Å². The van der Waals surface area contributed by atoms with Gasteiger partial charge < -0.3 is 10.1 Å². The SMILES string of the molecule is CSC1(CNCCc2ccc(NC(=O)OC(C)(C)C)cc2)CCC1. The first kappa shape index (κ1) is 19.1. The molecule has 2 rings (SSSR count). The molecule has 1 aromatic rings. The molecule has 0 heterocycles. The first-order valence-corrected chi connectivity index (χ1v) is 9.89. The van der Waals surface area contributed by atoms with Crippen molar-refractivity contribution in [1.82, 2.24) is 5.32 Å². The van der Waals surface area contributed by atoms with Crippen LogP contribution in [0.4, 0.5) is 10.5 Å². The molecule has 24 heavy (non-hydrogen) atoms. The molecule has 0 radical (unpaired) electrons. The van der Waals surface area contributed by atoms with Crippen molar-refractivity contribution in [3.8, 4) is 0 Å². The molecule has 1 amide bonds. The van der Waals surface area contributed by atoms with Crippen molar-refractivity contribution in [3.63, 3.8) is 0 Å². The molecule has 0 atom stereocenters. The number of rotatable bonds is 7. The van der Waals surface area contributed by atoms with Gasteiger partial charge in [0.15, 0.2) is 0 Å². The summed E-state index contributed by atoms with van der Waals surface area (Å²) < 4.78 is 5.74. The van der Waals surface area contributed by atoms with E-state index in [0.29, 0.717) is 4.75 Å². The van der Waals surface area contributed by atoms with E-state index in [1.165, 1.54) is 24.8 Å². The van der Waals surface area contributed by atoms with Crippen LogP contribution < -0.4 is 10.6 Å². The third kappa shape index (κ3) is 6.02. The maximum atomic E-state index is 11.7. The smallest absolute Gasteiger partial charge is 0.412 e. The second-order valence-corrected chi connectivity index (χ2v) is 8.77. The van der Waals surface area contributed by atoms with Crippen LogP contribution in [-0.4, -0.2) is 35.8 Å². The van der Waals surface area contributed by atoms with Crippen LogP contribution >= 0.6 is 11.8 Å². The quantitative estimate of drug-likeness (QED) is 0.713. The summed E-state index contributed by atoms with van der Waals surface area (Å²) in [5.41, 5.74) is 1.55. The molecule has 4 nitrogen and oxygen atoms in total. The van der Waals surface area contributed by atoms with E-state index in [0.717, 1.165) is 25.2 Å². The van der Waals surface area contributed by atoms with Gasteiger partial charge in [0.1, 0.15) is 5.60 Å². The molecule has 0 bridgehead atoms. The van der Waals surface area contributed by atoms with Crippen molar-refractivity contribution in [3.05, 3.63) is 29.8 Å². The Balaban J connectivity index is 1.71. The summed E-state index contributed by atoms with van der Waals surface area (Å²) in [7, 11) is 0. The van der Waals surface area contributed by atoms with Gasteiger partial charge in [0.05, 0.1) is 0 Å². The number of ether oxygens (including phenoxy) is 1. The molecule has 0 spiro atoms. The fourth-order valence-electron chi connectivity index (χ4n) is 2.75. The van der Waals surface area contributed by atoms with Gasteiger partial charge in [0, 0.05) is 17.0 Å². The molecule has 0 unspecified atom stereocenters. The van der Waals surface area contributed by atoms with Crippen LogP contribution in [0.3, 0.4) is 0 Å². The zero-order valence-corrected chi connectivity index (χ0v) is 16.1. The summed E-state index contributed by atoms with van der Waals surface area (Å²) in [4.78, 5) is 11.7. The molecule has 1 fully saturated rings. The summed E-state index contributed by atoms with van der Waals surface area (Å²) >= 11 is 2.00. The fourth-order valence-corrected chi connectivity index (χ4v) is 3.69. The Morgan fingerprint density at radius 1 is 1.25 bits per heavy atom. The zero-order valence-electron chi connectivity index (χ0n) is 15.3. The van der Waals surface area contributed by atoms with E-state index in [2.05, 4.69) is 29.0 Å². The third-order valence-electron chi connectivity index (χ3n) is 4.33. The van der Waals surface area contributed by atoms with Crippen molar-refractivity contribution in [2.24, 2.45) is 0 Å². The minimum Gasteiger partial charge on any atom is -0.444 e. The average Bonchev–Trinajstić information content (AvgIpc) is 2.45. The zero-order chi connectivity index (χ0) is 17.6. The predicted octanol–water partition coefficient (Wildman–Crippen LogP) is 4.45. The van der Waals surface area contributed by atoms with Crippen LogP contribution in [-0.2, 0) is 11.2 Å². The lowest BCUT2D eigenvalue weighted by molar-refractivity contribution is 0.0636. The maximum absolute atomic E-state index is 11.7. The molecule has 5 heteroatoms. The van der Waals surface area contributed by atoms with Gasteiger partial charge in [-0.2, -0.15) is 11.8 Å². The number of thioether (sulfide) groups is 1. The van der Waals surface area contributed by atoms with Gasteiger partial charge in [-0.3, -0.25) is 5.32 Å². The lowest BCUT2D eigenvalue weighted by Gasteiger charge is -2.40. The molecular weight excluding hydrogens is 320 g/mol. The molecule has 0 aromatic heterocycles. The highest BCUT2D eigenvalue weighted by Gasteiger charge is 2.35. The number of carbonyl (C=O) groups excluding carboxylic acids is 1. The lowest BCUT2D eigenvalue weighted by Crippen LogP contribution is -2.43. The van der Waals surface area contributed by atoms with Gasteiger partial charge in [-0.15, -0.1) is 0 Å². The van der Waals surface area contributed by atoms with E-state index in [-0.39, 0.29) is 0 Å². The number of nitrogens with one attached hydrogen (secondary N) is 2. The summed E-state index contributed by atoms with van der Waals surface area (Å²) in [6.07, 6.45) is 6.85. The number of benzene rings is 1. The third-order valence-corrected chi connectivity index (χ3v) is 5.75.